The normalized spacial score (nSPS) is 15.5. The van der Waals surface area contributed by atoms with E-state index in [-0.39, 0.29) is 23.3 Å². The van der Waals surface area contributed by atoms with E-state index in [1.165, 1.54) is 7.11 Å². The van der Waals surface area contributed by atoms with Gasteiger partial charge in [-0.05, 0) is 24.1 Å². The zero-order valence-electron chi connectivity index (χ0n) is 17.7. The molecule has 1 aliphatic heterocycles. The highest BCUT2D eigenvalue weighted by Gasteiger charge is 2.27. The van der Waals surface area contributed by atoms with E-state index in [0.717, 1.165) is 12.0 Å². The fourth-order valence-corrected chi connectivity index (χ4v) is 3.78. The first kappa shape index (κ1) is 21.4. The maximum atomic E-state index is 12.5. The van der Waals surface area contributed by atoms with E-state index in [2.05, 4.69) is 10.4 Å². The Morgan fingerprint density at radius 2 is 1.97 bits per heavy atom. The number of hydrogen-bond donors (Lipinski definition) is 3. The molecule has 9 heteroatoms. The van der Waals surface area contributed by atoms with Gasteiger partial charge in [0, 0.05) is 18.7 Å². The van der Waals surface area contributed by atoms with Crippen LogP contribution >= 0.6 is 0 Å². The third kappa shape index (κ3) is 4.15. The van der Waals surface area contributed by atoms with E-state index in [0.29, 0.717) is 42.3 Å². The Hall–Kier alpha value is -3.85. The van der Waals surface area contributed by atoms with Crippen LogP contribution in [0.15, 0.2) is 48.5 Å². The van der Waals surface area contributed by atoms with Crippen molar-refractivity contribution in [1.29, 1.82) is 0 Å². The summed E-state index contributed by atoms with van der Waals surface area (Å²) in [4.78, 5) is 24.6. The smallest absolute Gasteiger partial charge is 0.255 e. The fourth-order valence-electron chi connectivity index (χ4n) is 3.78. The molecule has 1 fully saturated rings. The number of nitrogen functional groups attached to an aromatic ring is 1. The van der Waals surface area contributed by atoms with Crippen LogP contribution in [0.4, 0.5) is 5.82 Å². The zero-order chi connectivity index (χ0) is 22.7. The summed E-state index contributed by atoms with van der Waals surface area (Å²) in [7, 11) is 1.53. The molecule has 1 aliphatic rings. The second kappa shape index (κ2) is 9.11. The van der Waals surface area contributed by atoms with Crippen LogP contribution in [0.1, 0.15) is 38.7 Å². The van der Waals surface area contributed by atoms with E-state index in [1.54, 1.807) is 22.9 Å². The largest absolute Gasteiger partial charge is 0.496 e. The summed E-state index contributed by atoms with van der Waals surface area (Å²) in [6, 6.07) is 14.4. The molecule has 32 heavy (non-hydrogen) atoms. The summed E-state index contributed by atoms with van der Waals surface area (Å²) in [5, 5.41) is 7.46. The molecule has 2 heterocycles. The van der Waals surface area contributed by atoms with E-state index >= 15 is 0 Å². The summed E-state index contributed by atoms with van der Waals surface area (Å²) in [5.41, 5.74) is 14.5. The third-order valence-electron chi connectivity index (χ3n) is 5.48. The Morgan fingerprint density at radius 1 is 1.22 bits per heavy atom. The van der Waals surface area contributed by atoms with Crippen molar-refractivity contribution in [2.45, 2.75) is 19.0 Å². The molecule has 4 rings (SSSR count). The van der Waals surface area contributed by atoms with E-state index in [1.807, 2.05) is 30.3 Å². The highest BCUT2D eigenvalue weighted by atomic mass is 16.5. The van der Waals surface area contributed by atoms with Crippen LogP contribution in [0, 0.1) is 0 Å². The van der Waals surface area contributed by atoms with Crippen molar-refractivity contribution in [2.75, 3.05) is 26.1 Å². The van der Waals surface area contributed by atoms with Gasteiger partial charge in [-0.3, -0.25) is 9.59 Å². The second-order valence-electron chi connectivity index (χ2n) is 7.51. The predicted octanol–water partition coefficient (Wildman–Crippen LogP) is 2.13. The highest BCUT2D eigenvalue weighted by Crippen LogP contribution is 2.31. The lowest BCUT2D eigenvalue weighted by Gasteiger charge is -2.10. The van der Waals surface area contributed by atoms with Crippen LogP contribution in [-0.4, -0.2) is 41.9 Å². The number of benzene rings is 2. The van der Waals surface area contributed by atoms with Crippen molar-refractivity contribution < 1.29 is 19.1 Å². The maximum Gasteiger partial charge on any atom is 0.255 e. The molecule has 0 aliphatic carbocycles. The number of methoxy groups -OCH3 is 1. The molecule has 2 aromatic carbocycles. The number of para-hydroxylation sites is 1. The number of ether oxygens (including phenoxy) is 2. The summed E-state index contributed by atoms with van der Waals surface area (Å²) in [6.07, 6.45) is 0.772. The van der Waals surface area contributed by atoms with Gasteiger partial charge in [-0.2, -0.15) is 5.10 Å². The number of nitrogens with two attached hydrogens (primary N) is 2. The molecule has 1 unspecified atom stereocenters. The van der Waals surface area contributed by atoms with Crippen LogP contribution in [0.2, 0.25) is 0 Å². The number of nitrogens with one attached hydrogen (secondary N) is 1. The minimum Gasteiger partial charge on any atom is -0.496 e. The average molecular weight is 435 g/mol. The molecule has 1 saturated heterocycles. The van der Waals surface area contributed by atoms with Crippen LogP contribution < -0.4 is 21.5 Å². The summed E-state index contributed by atoms with van der Waals surface area (Å²) in [5.74, 6) is -0.0973. The number of carbonyl (C=O) groups excluding carboxylic acids is 2. The van der Waals surface area contributed by atoms with E-state index in [4.69, 9.17) is 20.9 Å². The van der Waals surface area contributed by atoms with Gasteiger partial charge in [0.25, 0.3) is 11.8 Å². The summed E-state index contributed by atoms with van der Waals surface area (Å²) >= 11 is 0. The quantitative estimate of drug-likeness (QED) is 0.520. The first-order chi connectivity index (χ1) is 15.5. The average Bonchev–Trinajstić information content (AvgIpc) is 3.45. The van der Waals surface area contributed by atoms with Crippen LogP contribution in [0.5, 0.6) is 5.75 Å². The van der Waals surface area contributed by atoms with Gasteiger partial charge in [0.2, 0.25) is 0 Å². The molecule has 0 spiro atoms. The molecule has 0 bridgehead atoms. The van der Waals surface area contributed by atoms with Gasteiger partial charge in [0.1, 0.15) is 22.8 Å². The number of nitrogens with zero attached hydrogens (tertiary/aromatic N) is 2. The minimum absolute atomic E-state index is 0.0219. The van der Waals surface area contributed by atoms with Gasteiger partial charge >= 0.3 is 0 Å². The molecular weight excluding hydrogens is 410 g/mol. The van der Waals surface area contributed by atoms with E-state index in [9.17, 15) is 9.59 Å². The van der Waals surface area contributed by atoms with Crippen molar-refractivity contribution in [2.24, 2.45) is 5.73 Å². The first-order valence-electron chi connectivity index (χ1n) is 10.3. The maximum absolute atomic E-state index is 12.5. The topological polar surface area (TPSA) is 134 Å². The molecule has 166 valence electrons. The molecule has 2 amide bonds. The lowest BCUT2D eigenvalue weighted by molar-refractivity contribution is 0.0946. The molecule has 1 atom stereocenters. The van der Waals surface area contributed by atoms with E-state index < -0.39 is 5.91 Å². The zero-order valence-corrected chi connectivity index (χ0v) is 17.7. The molecule has 0 radical (unpaired) electrons. The van der Waals surface area contributed by atoms with Crippen LogP contribution in [0.3, 0.4) is 0 Å². The fraction of sp³-hybridized carbons (Fsp3) is 0.261. The Morgan fingerprint density at radius 3 is 2.62 bits per heavy atom. The number of amides is 2. The second-order valence-corrected chi connectivity index (χ2v) is 7.51. The number of hydrogen-bond acceptors (Lipinski definition) is 6. The molecule has 5 N–H and O–H groups in total. The van der Waals surface area contributed by atoms with Crippen molar-refractivity contribution in [3.8, 4) is 17.0 Å². The van der Waals surface area contributed by atoms with Gasteiger partial charge in [0.15, 0.2) is 0 Å². The molecule has 9 nitrogen and oxygen atoms in total. The standard InChI is InChI=1S/C23H25N5O4/c1-31-18-5-3-2-4-17(18)23(30)26-12-14-6-8-15(9-7-14)20-19(22(25)29)21(24)28(27-20)16-10-11-32-13-16/h2-9,16H,10-13,24H2,1H3,(H2,25,29)(H,26,30). The van der Waals surface area contributed by atoms with Gasteiger partial charge in [-0.1, -0.05) is 36.4 Å². The molecule has 1 aromatic heterocycles. The first-order valence-corrected chi connectivity index (χ1v) is 10.3. The Bertz CT molecular complexity index is 1130. The van der Waals surface area contributed by atoms with Crippen molar-refractivity contribution in [1.82, 2.24) is 15.1 Å². The number of carbonyl (C=O) groups is 2. The lowest BCUT2D eigenvalue weighted by atomic mass is 10.0. The summed E-state index contributed by atoms with van der Waals surface area (Å²) < 4.78 is 12.3. The Balaban J connectivity index is 1.52. The SMILES string of the molecule is COc1ccccc1C(=O)NCc1ccc(-c2nn(C3CCOC3)c(N)c2C(N)=O)cc1. The third-order valence-corrected chi connectivity index (χ3v) is 5.48. The predicted molar refractivity (Wildman–Crippen MR) is 119 cm³/mol. The van der Waals surface area contributed by atoms with Gasteiger partial charge in [-0.15, -0.1) is 0 Å². The summed E-state index contributed by atoms with van der Waals surface area (Å²) in [6.45, 7) is 1.45. The van der Waals surface area contributed by atoms with Crippen molar-refractivity contribution in [3.63, 3.8) is 0 Å². The van der Waals surface area contributed by atoms with Crippen molar-refractivity contribution >= 4 is 17.6 Å². The highest BCUT2D eigenvalue weighted by molar-refractivity contribution is 6.03. The molecular formula is C23H25N5O4. The number of anilines is 1. The molecule has 0 saturated carbocycles. The van der Waals surface area contributed by atoms with Crippen LogP contribution in [0.25, 0.3) is 11.3 Å². The Kier molecular flexibility index (Phi) is 6.09. The van der Waals surface area contributed by atoms with Gasteiger partial charge in [-0.25, -0.2) is 4.68 Å². The monoisotopic (exact) mass is 435 g/mol. The van der Waals surface area contributed by atoms with Crippen LogP contribution in [-0.2, 0) is 11.3 Å². The lowest BCUT2D eigenvalue weighted by Crippen LogP contribution is -2.23. The minimum atomic E-state index is -0.629. The van der Waals surface area contributed by atoms with Gasteiger partial charge < -0.3 is 26.3 Å². The van der Waals surface area contributed by atoms with Crippen molar-refractivity contribution in [3.05, 3.63) is 65.2 Å². The number of aromatic nitrogens is 2. The number of primary amides is 1. The molecule has 3 aromatic rings. The Labute approximate surface area is 185 Å². The number of rotatable bonds is 7. The van der Waals surface area contributed by atoms with Gasteiger partial charge in [0.05, 0.1) is 25.3 Å².